The summed E-state index contributed by atoms with van der Waals surface area (Å²) in [6.07, 6.45) is 14.9. The first-order chi connectivity index (χ1) is 14.6. The summed E-state index contributed by atoms with van der Waals surface area (Å²) >= 11 is 0. The Hall–Kier alpha value is -1.46. The van der Waals surface area contributed by atoms with Crippen LogP contribution in [0.25, 0.3) is 0 Å². The van der Waals surface area contributed by atoms with Crippen LogP contribution < -0.4 is 10.6 Å². The molecule has 0 saturated carbocycles. The molecule has 0 spiro atoms. The van der Waals surface area contributed by atoms with Gasteiger partial charge in [0.25, 0.3) is 0 Å². The summed E-state index contributed by atoms with van der Waals surface area (Å²) in [5, 5.41) is 6.06. The Kier molecular flexibility index (Phi) is 19.8. The maximum Gasteiger partial charge on any atom is 0.407 e. The van der Waals surface area contributed by atoms with Crippen molar-refractivity contribution in [2.45, 2.75) is 130 Å². The van der Waals surface area contributed by atoms with Gasteiger partial charge < -0.3 is 20.1 Å². The number of hydrogen-bond donors (Lipinski definition) is 2. The number of carbonyl (C=O) groups excluding carboxylic acids is 2. The molecule has 30 heavy (non-hydrogen) atoms. The third-order valence-corrected chi connectivity index (χ3v) is 5.36. The van der Waals surface area contributed by atoms with Crippen molar-refractivity contribution >= 4 is 12.2 Å². The van der Waals surface area contributed by atoms with Crippen molar-refractivity contribution in [3.63, 3.8) is 0 Å². The SMILES string of the molecule is CCCCCCC(CCCCC(CCCCCC)NC(=O)OCC)NC(=O)OCC. The quantitative estimate of drug-likeness (QED) is 0.224. The van der Waals surface area contributed by atoms with E-state index >= 15 is 0 Å². The zero-order valence-corrected chi connectivity index (χ0v) is 20.1. The minimum Gasteiger partial charge on any atom is -0.450 e. The molecule has 6 heteroatoms. The predicted molar refractivity (Wildman–Crippen MR) is 124 cm³/mol. The van der Waals surface area contributed by atoms with E-state index in [2.05, 4.69) is 24.5 Å². The van der Waals surface area contributed by atoms with E-state index in [1.54, 1.807) is 0 Å². The van der Waals surface area contributed by atoms with Crippen LogP contribution in [0.15, 0.2) is 0 Å². The molecule has 0 rings (SSSR count). The van der Waals surface area contributed by atoms with Gasteiger partial charge in [0.05, 0.1) is 13.2 Å². The third kappa shape index (κ3) is 17.4. The highest BCUT2D eigenvalue weighted by molar-refractivity contribution is 5.67. The highest BCUT2D eigenvalue weighted by Crippen LogP contribution is 2.15. The second kappa shape index (κ2) is 20.8. The van der Waals surface area contributed by atoms with Gasteiger partial charge in [-0.1, -0.05) is 78.1 Å². The van der Waals surface area contributed by atoms with Crippen LogP contribution in [-0.4, -0.2) is 37.5 Å². The van der Waals surface area contributed by atoms with Crippen molar-refractivity contribution in [3.05, 3.63) is 0 Å². The average Bonchev–Trinajstić information content (AvgIpc) is 2.71. The molecule has 0 aliphatic carbocycles. The number of rotatable bonds is 19. The van der Waals surface area contributed by atoms with Gasteiger partial charge in [0.15, 0.2) is 0 Å². The van der Waals surface area contributed by atoms with Gasteiger partial charge in [-0.15, -0.1) is 0 Å². The Bertz CT molecular complexity index is 380. The molecule has 2 atom stereocenters. The second-order valence-electron chi connectivity index (χ2n) is 8.11. The number of carbonyl (C=O) groups is 2. The number of alkyl carbamates (subject to hydrolysis) is 2. The van der Waals surface area contributed by atoms with Crippen LogP contribution in [0, 0.1) is 0 Å². The molecule has 178 valence electrons. The predicted octanol–water partition coefficient (Wildman–Crippen LogP) is 6.72. The second-order valence-corrected chi connectivity index (χ2v) is 8.11. The molecule has 2 unspecified atom stereocenters. The van der Waals surface area contributed by atoms with Crippen molar-refractivity contribution in [3.8, 4) is 0 Å². The smallest absolute Gasteiger partial charge is 0.407 e. The molecular formula is C24H48N2O4. The molecule has 2 amide bonds. The van der Waals surface area contributed by atoms with E-state index in [9.17, 15) is 9.59 Å². The molecule has 0 fully saturated rings. The van der Waals surface area contributed by atoms with Gasteiger partial charge >= 0.3 is 12.2 Å². The van der Waals surface area contributed by atoms with Crippen LogP contribution in [0.2, 0.25) is 0 Å². The molecule has 0 saturated heterocycles. The van der Waals surface area contributed by atoms with Gasteiger partial charge in [-0.2, -0.15) is 0 Å². The number of amides is 2. The molecule has 0 aromatic heterocycles. The van der Waals surface area contributed by atoms with Gasteiger partial charge in [-0.25, -0.2) is 9.59 Å². The van der Waals surface area contributed by atoms with Gasteiger partial charge in [0.2, 0.25) is 0 Å². The molecule has 0 bridgehead atoms. The molecular weight excluding hydrogens is 380 g/mol. The monoisotopic (exact) mass is 428 g/mol. The van der Waals surface area contributed by atoms with Crippen molar-refractivity contribution < 1.29 is 19.1 Å². The molecule has 2 N–H and O–H groups in total. The lowest BCUT2D eigenvalue weighted by atomic mass is 9.98. The maximum absolute atomic E-state index is 11.8. The van der Waals surface area contributed by atoms with Crippen LogP contribution >= 0.6 is 0 Å². The van der Waals surface area contributed by atoms with Crippen molar-refractivity contribution in [1.29, 1.82) is 0 Å². The lowest BCUT2D eigenvalue weighted by molar-refractivity contribution is 0.144. The zero-order chi connectivity index (χ0) is 22.5. The van der Waals surface area contributed by atoms with Crippen LogP contribution in [0.1, 0.15) is 118 Å². The minimum atomic E-state index is -0.309. The third-order valence-electron chi connectivity index (χ3n) is 5.36. The van der Waals surface area contributed by atoms with Crippen molar-refractivity contribution in [2.75, 3.05) is 13.2 Å². The maximum atomic E-state index is 11.8. The average molecular weight is 429 g/mol. The summed E-state index contributed by atoms with van der Waals surface area (Å²) in [4.78, 5) is 23.7. The Labute approximate surface area is 185 Å². The summed E-state index contributed by atoms with van der Waals surface area (Å²) < 4.78 is 10.1. The fourth-order valence-electron chi connectivity index (χ4n) is 3.67. The Morgan fingerprint density at radius 2 is 0.900 bits per heavy atom. The zero-order valence-electron chi connectivity index (χ0n) is 20.1. The van der Waals surface area contributed by atoms with E-state index in [1.165, 1.54) is 38.5 Å². The first kappa shape index (κ1) is 28.5. The van der Waals surface area contributed by atoms with E-state index < -0.39 is 0 Å². The van der Waals surface area contributed by atoms with Gasteiger partial charge in [0, 0.05) is 12.1 Å². The molecule has 0 radical (unpaired) electrons. The normalized spacial score (nSPS) is 12.8. The number of nitrogens with one attached hydrogen (secondary N) is 2. The minimum absolute atomic E-state index is 0.168. The first-order valence-corrected chi connectivity index (χ1v) is 12.4. The lowest BCUT2D eigenvalue weighted by Crippen LogP contribution is -2.36. The van der Waals surface area contributed by atoms with E-state index in [0.29, 0.717) is 13.2 Å². The largest absolute Gasteiger partial charge is 0.450 e. The summed E-state index contributed by atoms with van der Waals surface area (Å²) in [6.45, 7) is 8.86. The topological polar surface area (TPSA) is 76.7 Å². The Morgan fingerprint density at radius 1 is 0.567 bits per heavy atom. The fourth-order valence-corrected chi connectivity index (χ4v) is 3.67. The molecule has 0 aliphatic rings. The number of ether oxygens (including phenoxy) is 2. The van der Waals surface area contributed by atoms with Crippen LogP contribution in [-0.2, 0) is 9.47 Å². The lowest BCUT2D eigenvalue weighted by Gasteiger charge is -2.21. The van der Waals surface area contributed by atoms with E-state index in [-0.39, 0.29) is 24.3 Å². The molecule has 0 aromatic rings. The summed E-state index contributed by atoms with van der Waals surface area (Å²) in [7, 11) is 0. The summed E-state index contributed by atoms with van der Waals surface area (Å²) in [5.41, 5.74) is 0. The molecule has 0 heterocycles. The Balaban J connectivity index is 4.41. The summed E-state index contributed by atoms with van der Waals surface area (Å²) in [6, 6.07) is 0.337. The van der Waals surface area contributed by atoms with E-state index in [4.69, 9.17) is 9.47 Å². The standard InChI is InChI=1S/C24H48N2O4/c1-5-9-11-13-17-21(25-23(27)29-7-3)19-15-16-20-22(18-14-12-10-6-2)26-24(28)30-8-4/h21-22H,5-20H2,1-4H3,(H,25,27)(H,26,28). The first-order valence-electron chi connectivity index (χ1n) is 12.4. The van der Waals surface area contributed by atoms with E-state index in [0.717, 1.165) is 51.4 Å². The van der Waals surface area contributed by atoms with Gasteiger partial charge in [-0.05, 0) is 39.5 Å². The number of unbranched alkanes of at least 4 members (excludes halogenated alkanes) is 7. The Morgan fingerprint density at radius 3 is 1.20 bits per heavy atom. The van der Waals surface area contributed by atoms with Crippen LogP contribution in [0.5, 0.6) is 0 Å². The van der Waals surface area contributed by atoms with Gasteiger partial charge in [0.1, 0.15) is 0 Å². The van der Waals surface area contributed by atoms with Crippen molar-refractivity contribution in [1.82, 2.24) is 10.6 Å². The van der Waals surface area contributed by atoms with Gasteiger partial charge in [-0.3, -0.25) is 0 Å². The highest BCUT2D eigenvalue weighted by Gasteiger charge is 2.15. The highest BCUT2D eigenvalue weighted by atomic mass is 16.6. The fraction of sp³-hybridized carbons (Fsp3) is 0.917. The molecule has 0 aromatic carbocycles. The number of hydrogen-bond acceptors (Lipinski definition) is 4. The molecule has 0 aliphatic heterocycles. The van der Waals surface area contributed by atoms with E-state index in [1.807, 2.05) is 13.8 Å². The van der Waals surface area contributed by atoms with Crippen LogP contribution in [0.3, 0.4) is 0 Å². The van der Waals surface area contributed by atoms with Crippen LogP contribution in [0.4, 0.5) is 9.59 Å². The molecule has 6 nitrogen and oxygen atoms in total. The van der Waals surface area contributed by atoms with Crippen molar-refractivity contribution in [2.24, 2.45) is 0 Å². The summed E-state index contributed by atoms with van der Waals surface area (Å²) in [5.74, 6) is 0.